The Morgan fingerprint density at radius 2 is 1.59 bits per heavy atom. The van der Waals surface area contributed by atoms with E-state index in [1.807, 2.05) is 23.1 Å². The van der Waals surface area contributed by atoms with Crippen LogP contribution in [-0.2, 0) is 6.42 Å². The minimum absolute atomic E-state index is 0.0367. The number of primary amides is 1. The predicted octanol–water partition coefficient (Wildman–Crippen LogP) is 2.77. The molecule has 2 aromatic rings. The first-order valence-electron chi connectivity index (χ1n) is 7.46. The minimum Gasteiger partial charge on any atom is -0.366 e. The van der Waals surface area contributed by atoms with Crippen LogP contribution in [0.1, 0.15) is 39.1 Å². The third kappa shape index (κ3) is 2.72. The second-order valence-electron chi connectivity index (χ2n) is 5.48. The molecule has 0 atom stereocenters. The molecule has 1 heterocycles. The number of fused-ring (bicyclic) bond motifs is 1. The summed E-state index contributed by atoms with van der Waals surface area (Å²) < 4.78 is 0. The molecule has 2 amide bonds. The van der Waals surface area contributed by atoms with E-state index in [-0.39, 0.29) is 5.91 Å². The Balaban J connectivity index is 1.93. The Bertz CT molecular complexity index is 707. The number of aryl methyl sites for hydroxylation is 1. The topological polar surface area (TPSA) is 63.4 Å². The molecule has 4 heteroatoms. The van der Waals surface area contributed by atoms with Gasteiger partial charge in [0.2, 0.25) is 5.91 Å². The highest BCUT2D eigenvalue weighted by atomic mass is 16.2. The molecule has 1 aliphatic rings. The van der Waals surface area contributed by atoms with E-state index in [1.54, 1.807) is 24.3 Å². The first kappa shape index (κ1) is 14.3. The monoisotopic (exact) mass is 294 g/mol. The third-order valence-corrected chi connectivity index (χ3v) is 4.02. The van der Waals surface area contributed by atoms with Crippen LogP contribution in [0.3, 0.4) is 0 Å². The van der Waals surface area contributed by atoms with Crippen LogP contribution < -0.4 is 10.6 Å². The van der Waals surface area contributed by atoms with Crippen LogP contribution in [0, 0.1) is 0 Å². The van der Waals surface area contributed by atoms with Gasteiger partial charge in [-0.1, -0.05) is 18.2 Å². The molecule has 4 nitrogen and oxygen atoms in total. The fraction of sp³-hybridized carbons (Fsp3) is 0.222. The van der Waals surface area contributed by atoms with Crippen molar-refractivity contribution in [3.63, 3.8) is 0 Å². The molecule has 1 aliphatic heterocycles. The van der Waals surface area contributed by atoms with Gasteiger partial charge in [0.25, 0.3) is 5.91 Å². The van der Waals surface area contributed by atoms with Gasteiger partial charge in [-0.15, -0.1) is 0 Å². The highest BCUT2D eigenvalue weighted by molar-refractivity contribution is 6.07. The molecular formula is C18H18N2O2. The van der Waals surface area contributed by atoms with Crippen LogP contribution in [0.4, 0.5) is 5.69 Å². The van der Waals surface area contributed by atoms with Crippen LogP contribution in [0.2, 0.25) is 0 Å². The van der Waals surface area contributed by atoms with E-state index in [9.17, 15) is 9.59 Å². The smallest absolute Gasteiger partial charge is 0.258 e. The molecule has 22 heavy (non-hydrogen) atoms. The van der Waals surface area contributed by atoms with Crippen LogP contribution in [-0.4, -0.2) is 18.4 Å². The molecule has 0 spiro atoms. The number of para-hydroxylation sites is 1. The summed E-state index contributed by atoms with van der Waals surface area (Å²) in [7, 11) is 0. The average Bonchev–Trinajstić information content (AvgIpc) is 2.76. The van der Waals surface area contributed by atoms with Crippen molar-refractivity contribution in [2.24, 2.45) is 5.73 Å². The third-order valence-electron chi connectivity index (χ3n) is 4.02. The molecule has 0 fully saturated rings. The zero-order chi connectivity index (χ0) is 15.5. The molecule has 0 aromatic heterocycles. The number of carbonyl (C=O) groups excluding carboxylic acids is 2. The molecule has 0 aliphatic carbocycles. The number of nitrogens with two attached hydrogens (primary N) is 1. The van der Waals surface area contributed by atoms with Crippen molar-refractivity contribution >= 4 is 17.5 Å². The summed E-state index contributed by atoms with van der Waals surface area (Å²) in [4.78, 5) is 25.8. The lowest BCUT2D eigenvalue weighted by Gasteiger charge is -2.23. The highest BCUT2D eigenvalue weighted by Gasteiger charge is 2.22. The number of hydrogen-bond acceptors (Lipinski definition) is 2. The summed E-state index contributed by atoms with van der Waals surface area (Å²) in [6, 6.07) is 14.6. The van der Waals surface area contributed by atoms with Crippen molar-refractivity contribution in [1.29, 1.82) is 0 Å². The number of rotatable bonds is 2. The highest BCUT2D eigenvalue weighted by Crippen LogP contribution is 2.27. The minimum atomic E-state index is -0.487. The normalized spacial score (nSPS) is 14.1. The number of hydrogen-bond donors (Lipinski definition) is 1. The van der Waals surface area contributed by atoms with E-state index in [2.05, 4.69) is 6.07 Å². The Labute approximate surface area is 129 Å². The Hall–Kier alpha value is -2.62. The van der Waals surface area contributed by atoms with Gasteiger partial charge in [0.1, 0.15) is 0 Å². The van der Waals surface area contributed by atoms with Crippen molar-refractivity contribution < 1.29 is 9.59 Å². The van der Waals surface area contributed by atoms with Gasteiger partial charge in [-0.2, -0.15) is 0 Å². The Morgan fingerprint density at radius 3 is 2.32 bits per heavy atom. The lowest BCUT2D eigenvalue weighted by molar-refractivity contribution is 0.0980. The first-order valence-corrected chi connectivity index (χ1v) is 7.46. The van der Waals surface area contributed by atoms with Gasteiger partial charge in [0, 0.05) is 23.4 Å². The number of benzene rings is 2. The summed E-state index contributed by atoms with van der Waals surface area (Å²) in [6.45, 7) is 0.716. The summed E-state index contributed by atoms with van der Waals surface area (Å²) in [5.74, 6) is -0.524. The number of amides is 2. The summed E-state index contributed by atoms with van der Waals surface area (Å²) >= 11 is 0. The van der Waals surface area contributed by atoms with Crippen LogP contribution >= 0.6 is 0 Å². The van der Waals surface area contributed by atoms with Crippen LogP contribution in [0.5, 0.6) is 0 Å². The average molecular weight is 294 g/mol. The fourth-order valence-corrected chi connectivity index (χ4v) is 2.84. The van der Waals surface area contributed by atoms with Crippen molar-refractivity contribution in [2.45, 2.75) is 19.3 Å². The van der Waals surface area contributed by atoms with E-state index in [1.165, 1.54) is 5.56 Å². The van der Waals surface area contributed by atoms with Crippen LogP contribution in [0.25, 0.3) is 0 Å². The van der Waals surface area contributed by atoms with Crippen molar-refractivity contribution in [3.05, 3.63) is 65.2 Å². The van der Waals surface area contributed by atoms with Gasteiger partial charge in [0.15, 0.2) is 0 Å². The maximum absolute atomic E-state index is 12.8. The molecule has 0 radical (unpaired) electrons. The van der Waals surface area contributed by atoms with Gasteiger partial charge >= 0.3 is 0 Å². The molecule has 0 unspecified atom stereocenters. The molecule has 0 saturated carbocycles. The Morgan fingerprint density at radius 1 is 0.909 bits per heavy atom. The molecular weight excluding hydrogens is 276 g/mol. The first-order chi connectivity index (χ1) is 10.7. The molecule has 0 bridgehead atoms. The lowest BCUT2D eigenvalue weighted by Crippen LogP contribution is -2.31. The van der Waals surface area contributed by atoms with E-state index >= 15 is 0 Å². The lowest BCUT2D eigenvalue weighted by atomic mass is 10.1. The van der Waals surface area contributed by atoms with Gasteiger partial charge < -0.3 is 10.6 Å². The summed E-state index contributed by atoms with van der Waals surface area (Å²) in [5.41, 5.74) is 8.41. The zero-order valence-electron chi connectivity index (χ0n) is 12.3. The maximum Gasteiger partial charge on any atom is 0.258 e. The standard InChI is InChI=1S/C18H18N2O2/c19-17(21)14-8-10-15(11-9-14)18(22)20-12-4-3-6-13-5-1-2-7-16(13)20/h1-2,5,7-11H,3-4,6,12H2,(H2,19,21). The van der Waals surface area contributed by atoms with Crippen LogP contribution in [0.15, 0.2) is 48.5 Å². The largest absolute Gasteiger partial charge is 0.366 e. The number of nitrogens with zero attached hydrogens (tertiary/aromatic N) is 1. The van der Waals surface area contributed by atoms with E-state index < -0.39 is 5.91 Å². The van der Waals surface area contributed by atoms with E-state index in [0.29, 0.717) is 17.7 Å². The summed E-state index contributed by atoms with van der Waals surface area (Å²) in [5, 5.41) is 0. The SMILES string of the molecule is NC(=O)c1ccc(C(=O)N2CCCCc3ccccc32)cc1. The second-order valence-corrected chi connectivity index (χ2v) is 5.48. The molecule has 3 rings (SSSR count). The van der Waals surface area contributed by atoms with Gasteiger partial charge in [-0.25, -0.2) is 0 Å². The number of anilines is 1. The molecule has 112 valence electrons. The fourth-order valence-electron chi connectivity index (χ4n) is 2.84. The summed E-state index contributed by atoms with van der Waals surface area (Å²) in [6.07, 6.45) is 3.07. The van der Waals surface area contributed by atoms with Gasteiger partial charge in [-0.3, -0.25) is 9.59 Å². The van der Waals surface area contributed by atoms with Crippen molar-refractivity contribution in [3.8, 4) is 0 Å². The van der Waals surface area contributed by atoms with E-state index in [4.69, 9.17) is 5.73 Å². The number of carbonyl (C=O) groups is 2. The van der Waals surface area contributed by atoms with Crippen molar-refractivity contribution in [1.82, 2.24) is 0 Å². The maximum atomic E-state index is 12.8. The van der Waals surface area contributed by atoms with Gasteiger partial charge in [-0.05, 0) is 55.2 Å². The molecule has 2 aromatic carbocycles. The van der Waals surface area contributed by atoms with Gasteiger partial charge in [0.05, 0.1) is 0 Å². The van der Waals surface area contributed by atoms with Crippen molar-refractivity contribution in [2.75, 3.05) is 11.4 Å². The zero-order valence-corrected chi connectivity index (χ0v) is 12.3. The molecule has 0 saturated heterocycles. The predicted molar refractivity (Wildman–Crippen MR) is 86.0 cm³/mol. The molecule has 2 N–H and O–H groups in total. The van der Waals surface area contributed by atoms with E-state index in [0.717, 1.165) is 24.9 Å². The Kier molecular flexibility index (Phi) is 3.92. The quantitative estimate of drug-likeness (QED) is 0.925. The second kappa shape index (κ2) is 6.02.